The summed E-state index contributed by atoms with van der Waals surface area (Å²) in [5.41, 5.74) is 6.73. The van der Waals surface area contributed by atoms with Gasteiger partial charge >= 0.3 is 0 Å². The van der Waals surface area contributed by atoms with Gasteiger partial charge in [-0.1, -0.05) is 6.07 Å². The largest absolute Gasteiger partial charge is 0.508 e. The van der Waals surface area contributed by atoms with Crippen LogP contribution in [0.25, 0.3) is 0 Å². The summed E-state index contributed by atoms with van der Waals surface area (Å²) in [4.78, 5) is 0. The minimum Gasteiger partial charge on any atom is -0.508 e. The van der Waals surface area contributed by atoms with E-state index in [4.69, 9.17) is 5.73 Å². The molecule has 0 aliphatic carbocycles. The molecule has 1 aromatic carbocycles. The molecule has 0 heterocycles. The molecule has 0 aliphatic rings. The van der Waals surface area contributed by atoms with Crippen LogP contribution in [0.15, 0.2) is 16.6 Å². The predicted octanol–water partition coefficient (Wildman–Crippen LogP) is 1.46. The lowest BCUT2D eigenvalue weighted by molar-refractivity contribution is 0.182. The van der Waals surface area contributed by atoms with Crippen molar-refractivity contribution in [3.05, 3.63) is 27.7 Å². The zero-order valence-corrected chi connectivity index (χ0v) is 8.87. The van der Waals surface area contributed by atoms with Gasteiger partial charge in [-0.2, -0.15) is 0 Å². The van der Waals surface area contributed by atoms with Crippen LogP contribution in [-0.2, 0) is 0 Å². The van der Waals surface area contributed by atoms with Crippen LogP contribution in [0.4, 0.5) is 0 Å². The van der Waals surface area contributed by atoms with Crippen molar-refractivity contribution in [2.75, 3.05) is 6.54 Å². The van der Waals surface area contributed by atoms with Gasteiger partial charge in [0.05, 0.1) is 6.10 Å². The predicted molar refractivity (Wildman–Crippen MR) is 54.6 cm³/mol. The van der Waals surface area contributed by atoms with Crippen molar-refractivity contribution in [3.8, 4) is 5.75 Å². The molecule has 4 heteroatoms. The summed E-state index contributed by atoms with van der Waals surface area (Å²) in [7, 11) is 0. The maximum Gasteiger partial charge on any atom is 0.122 e. The first kappa shape index (κ1) is 10.5. The van der Waals surface area contributed by atoms with Gasteiger partial charge in [0, 0.05) is 16.6 Å². The number of hydrogen-bond donors (Lipinski definition) is 3. The third kappa shape index (κ3) is 2.02. The van der Waals surface area contributed by atoms with E-state index >= 15 is 0 Å². The van der Waals surface area contributed by atoms with Gasteiger partial charge in [-0.25, -0.2) is 0 Å². The topological polar surface area (TPSA) is 66.5 Å². The second-order valence-corrected chi connectivity index (χ2v) is 3.67. The van der Waals surface area contributed by atoms with Crippen molar-refractivity contribution in [1.29, 1.82) is 0 Å². The van der Waals surface area contributed by atoms with E-state index in [1.54, 1.807) is 12.1 Å². The van der Waals surface area contributed by atoms with Crippen LogP contribution in [0, 0.1) is 6.92 Å². The Morgan fingerprint density at radius 2 is 2.15 bits per heavy atom. The summed E-state index contributed by atoms with van der Waals surface area (Å²) in [5.74, 6) is 0.0652. The van der Waals surface area contributed by atoms with E-state index in [9.17, 15) is 10.2 Å². The lowest BCUT2D eigenvalue weighted by atomic mass is 10.1. The van der Waals surface area contributed by atoms with E-state index in [1.165, 1.54) is 0 Å². The standard InChI is InChI=1S/C9H12BrNO2/c1-5-2-3-6(12)8(9(5)10)7(13)4-11/h2-3,7,12-13H,4,11H2,1H3. The molecule has 1 unspecified atom stereocenters. The second-order valence-electron chi connectivity index (χ2n) is 2.88. The van der Waals surface area contributed by atoms with E-state index in [0.717, 1.165) is 5.56 Å². The highest BCUT2D eigenvalue weighted by atomic mass is 79.9. The summed E-state index contributed by atoms with van der Waals surface area (Å²) >= 11 is 3.30. The normalized spacial score (nSPS) is 12.9. The minimum atomic E-state index is -0.825. The molecule has 72 valence electrons. The molecule has 0 spiro atoms. The molecule has 0 aliphatic heterocycles. The summed E-state index contributed by atoms with van der Waals surface area (Å²) < 4.78 is 0.713. The Morgan fingerprint density at radius 3 is 2.69 bits per heavy atom. The Morgan fingerprint density at radius 1 is 1.54 bits per heavy atom. The number of benzene rings is 1. The molecule has 1 atom stereocenters. The molecular weight excluding hydrogens is 234 g/mol. The highest BCUT2D eigenvalue weighted by Gasteiger charge is 2.15. The van der Waals surface area contributed by atoms with Gasteiger partial charge < -0.3 is 15.9 Å². The molecule has 13 heavy (non-hydrogen) atoms. The SMILES string of the molecule is Cc1ccc(O)c(C(O)CN)c1Br. The van der Waals surface area contributed by atoms with Crippen molar-refractivity contribution < 1.29 is 10.2 Å². The van der Waals surface area contributed by atoms with Crippen LogP contribution in [0.1, 0.15) is 17.2 Å². The molecule has 1 rings (SSSR count). The first-order valence-corrected chi connectivity index (χ1v) is 4.73. The van der Waals surface area contributed by atoms with Gasteiger partial charge in [-0.05, 0) is 34.5 Å². The fraction of sp³-hybridized carbons (Fsp3) is 0.333. The third-order valence-electron chi connectivity index (χ3n) is 1.91. The smallest absolute Gasteiger partial charge is 0.122 e. The van der Waals surface area contributed by atoms with Crippen LogP contribution < -0.4 is 5.73 Å². The maximum absolute atomic E-state index is 9.50. The zero-order valence-electron chi connectivity index (χ0n) is 7.29. The van der Waals surface area contributed by atoms with Crippen LogP contribution in [0.3, 0.4) is 0 Å². The summed E-state index contributed by atoms with van der Waals surface area (Å²) in [6, 6.07) is 3.32. The number of aliphatic hydroxyl groups is 1. The second kappa shape index (κ2) is 4.09. The number of phenolic OH excluding ortho intramolecular Hbond substituents is 1. The summed E-state index contributed by atoms with van der Waals surface area (Å²) in [6.45, 7) is 1.98. The van der Waals surface area contributed by atoms with E-state index in [2.05, 4.69) is 15.9 Å². The van der Waals surface area contributed by atoms with Gasteiger partial charge in [-0.3, -0.25) is 0 Å². The molecule has 3 nitrogen and oxygen atoms in total. The van der Waals surface area contributed by atoms with Crippen LogP contribution in [0.2, 0.25) is 0 Å². The van der Waals surface area contributed by atoms with Crippen LogP contribution >= 0.6 is 15.9 Å². The highest BCUT2D eigenvalue weighted by Crippen LogP contribution is 2.33. The number of aryl methyl sites for hydroxylation is 1. The van der Waals surface area contributed by atoms with Gasteiger partial charge in [0.15, 0.2) is 0 Å². The molecular formula is C9H12BrNO2. The van der Waals surface area contributed by atoms with Crippen LogP contribution in [0.5, 0.6) is 5.75 Å². The van der Waals surface area contributed by atoms with Crippen molar-refractivity contribution in [1.82, 2.24) is 0 Å². The first-order valence-electron chi connectivity index (χ1n) is 3.94. The summed E-state index contributed by atoms with van der Waals surface area (Å²) in [5, 5.41) is 19.0. The number of aromatic hydroxyl groups is 1. The number of nitrogens with two attached hydrogens (primary N) is 1. The van der Waals surface area contributed by atoms with Crippen LogP contribution in [-0.4, -0.2) is 16.8 Å². The fourth-order valence-electron chi connectivity index (χ4n) is 1.13. The molecule has 4 N–H and O–H groups in total. The van der Waals surface area contributed by atoms with Gasteiger partial charge in [-0.15, -0.1) is 0 Å². The van der Waals surface area contributed by atoms with E-state index < -0.39 is 6.10 Å². The Kier molecular flexibility index (Phi) is 3.30. The molecule has 1 aromatic rings. The zero-order chi connectivity index (χ0) is 10.0. The monoisotopic (exact) mass is 245 g/mol. The van der Waals surface area contributed by atoms with Crippen molar-refractivity contribution in [2.24, 2.45) is 5.73 Å². The summed E-state index contributed by atoms with van der Waals surface area (Å²) in [6.07, 6.45) is -0.825. The molecule has 0 radical (unpaired) electrons. The number of rotatable bonds is 2. The Hall–Kier alpha value is -0.580. The molecule has 0 saturated carbocycles. The van der Waals surface area contributed by atoms with Crippen molar-refractivity contribution in [2.45, 2.75) is 13.0 Å². The number of phenols is 1. The average molecular weight is 246 g/mol. The lowest BCUT2D eigenvalue weighted by Gasteiger charge is -2.13. The van der Waals surface area contributed by atoms with E-state index in [1.807, 2.05) is 6.92 Å². The third-order valence-corrected chi connectivity index (χ3v) is 2.96. The minimum absolute atomic E-state index is 0.0652. The molecule has 0 fully saturated rings. The number of hydrogen-bond acceptors (Lipinski definition) is 3. The van der Waals surface area contributed by atoms with E-state index in [0.29, 0.717) is 10.0 Å². The van der Waals surface area contributed by atoms with Gasteiger partial charge in [0.25, 0.3) is 0 Å². The highest BCUT2D eigenvalue weighted by molar-refractivity contribution is 9.10. The maximum atomic E-state index is 9.50. The Bertz CT molecular complexity index is 315. The van der Waals surface area contributed by atoms with Crippen molar-refractivity contribution >= 4 is 15.9 Å². The Balaban J connectivity index is 3.25. The quantitative estimate of drug-likeness (QED) is 0.739. The van der Waals surface area contributed by atoms with Gasteiger partial charge in [0.2, 0.25) is 0 Å². The molecule has 0 bridgehead atoms. The van der Waals surface area contributed by atoms with E-state index in [-0.39, 0.29) is 12.3 Å². The average Bonchev–Trinajstić information content (AvgIpc) is 2.12. The van der Waals surface area contributed by atoms with Gasteiger partial charge in [0.1, 0.15) is 5.75 Å². The molecule has 0 aromatic heterocycles. The van der Waals surface area contributed by atoms with Crippen molar-refractivity contribution in [3.63, 3.8) is 0 Å². The Labute approximate surface area is 85.3 Å². The lowest BCUT2D eigenvalue weighted by Crippen LogP contribution is -2.12. The molecule has 0 amide bonds. The molecule has 0 saturated heterocycles. The number of halogens is 1. The first-order chi connectivity index (χ1) is 6.07. The fourth-order valence-corrected chi connectivity index (χ4v) is 1.73. The number of aliphatic hydroxyl groups excluding tert-OH is 1.